The van der Waals surface area contributed by atoms with Gasteiger partial charge in [-0.2, -0.15) is 8.42 Å². The second-order valence-electron chi connectivity index (χ2n) is 4.04. The lowest BCUT2D eigenvalue weighted by molar-refractivity contribution is 0.479. The van der Waals surface area contributed by atoms with E-state index in [1.807, 2.05) is 6.07 Å². The zero-order chi connectivity index (χ0) is 15.5. The van der Waals surface area contributed by atoms with Gasteiger partial charge in [-0.3, -0.25) is 4.55 Å². The molecule has 2 aromatic carbocycles. The van der Waals surface area contributed by atoms with Gasteiger partial charge in [-0.1, -0.05) is 18.2 Å². The predicted molar refractivity (Wildman–Crippen MR) is 83.2 cm³/mol. The highest BCUT2D eigenvalue weighted by Crippen LogP contribution is 2.31. The molecule has 4 N–H and O–H groups in total. The first-order valence-corrected chi connectivity index (χ1v) is 7.62. The van der Waals surface area contributed by atoms with Gasteiger partial charge in [-0.25, -0.2) is 0 Å². The third-order valence-electron chi connectivity index (χ3n) is 2.48. The van der Waals surface area contributed by atoms with Crippen LogP contribution >= 0.6 is 12.2 Å². The molecule has 2 aromatic rings. The summed E-state index contributed by atoms with van der Waals surface area (Å²) in [6, 6.07) is 12.7. The highest BCUT2D eigenvalue weighted by molar-refractivity contribution is 7.85. The zero-order valence-corrected chi connectivity index (χ0v) is 12.3. The van der Waals surface area contributed by atoms with Crippen molar-refractivity contribution < 1.29 is 17.7 Å². The standard InChI is InChI=1S/C13H12N2O4S2/c14-13(20)15-11-8-10(21(16,17)18)6-7-12(11)19-9-4-2-1-3-5-9/h1-8H,(H3,14,15,20)(H,16,17,18). The Morgan fingerprint density at radius 2 is 1.86 bits per heavy atom. The van der Waals surface area contributed by atoms with E-state index in [-0.39, 0.29) is 15.7 Å². The number of thiocarbonyl (C=S) groups is 1. The fourth-order valence-corrected chi connectivity index (χ4v) is 2.22. The summed E-state index contributed by atoms with van der Waals surface area (Å²) in [6.45, 7) is 0. The number of rotatable bonds is 4. The van der Waals surface area contributed by atoms with Crippen LogP contribution in [0.25, 0.3) is 0 Å². The van der Waals surface area contributed by atoms with Crippen LogP contribution in [-0.4, -0.2) is 18.1 Å². The number of anilines is 1. The van der Waals surface area contributed by atoms with E-state index in [0.29, 0.717) is 11.5 Å². The number of hydrogen-bond acceptors (Lipinski definition) is 4. The number of nitrogens with two attached hydrogens (primary N) is 1. The summed E-state index contributed by atoms with van der Waals surface area (Å²) in [6.07, 6.45) is 0. The van der Waals surface area contributed by atoms with E-state index in [4.69, 9.17) is 27.2 Å². The average Bonchev–Trinajstić information content (AvgIpc) is 2.40. The molecule has 0 spiro atoms. The first-order chi connectivity index (χ1) is 9.86. The van der Waals surface area contributed by atoms with Gasteiger partial charge in [0.2, 0.25) is 0 Å². The summed E-state index contributed by atoms with van der Waals surface area (Å²) in [7, 11) is -4.33. The molecule has 0 fully saturated rings. The largest absolute Gasteiger partial charge is 0.455 e. The fourth-order valence-electron chi connectivity index (χ4n) is 1.60. The quantitative estimate of drug-likeness (QED) is 0.586. The molecule has 0 bridgehead atoms. The van der Waals surface area contributed by atoms with Crippen molar-refractivity contribution in [1.29, 1.82) is 0 Å². The lowest BCUT2D eigenvalue weighted by Crippen LogP contribution is -2.19. The van der Waals surface area contributed by atoms with Gasteiger partial charge in [-0.15, -0.1) is 0 Å². The number of benzene rings is 2. The Morgan fingerprint density at radius 3 is 2.43 bits per heavy atom. The van der Waals surface area contributed by atoms with Gasteiger partial charge in [0.05, 0.1) is 10.6 Å². The van der Waals surface area contributed by atoms with Crippen LogP contribution < -0.4 is 15.8 Å². The summed E-state index contributed by atoms with van der Waals surface area (Å²) in [4.78, 5) is -0.290. The van der Waals surface area contributed by atoms with Gasteiger partial charge < -0.3 is 15.8 Å². The van der Waals surface area contributed by atoms with E-state index in [2.05, 4.69) is 5.32 Å². The number of nitrogens with one attached hydrogen (secondary N) is 1. The van der Waals surface area contributed by atoms with Crippen molar-refractivity contribution in [2.75, 3.05) is 5.32 Å². The minimum atomic E-state index is -4.33. The van der Waals surface area contributed by atoms with Crippen molar-refractivity contribution in [2.45, 2.75) is 4.90 Å². The second kappa shape index (κ2) is 6.08. The number of hydrogen-bond donors (Lipinski definition) is 3. The molecule has 0 aliphatic rings. The monoisotopic (exact) mass is 324 g/mol. The van der Waals surface area contributed by atoms with E-state index in [0.717, 1.165) is 0 Å². The molecule has 6 nitrogen and oxygen atoms in total. The Morgan fingerprint density at radius 1 is 1.19 bits per heavy atom. The van der Waals surface area contributed by atoms with E-state index < -0.39 is 10.1 Å². The Balaban J connectivity index is 2.42. The highest BCUT2D eigenvalue weighted by Gasteiger charge is 2.14. The minimum absolute atomic E-state index is 0.0552. The molecule has 0 saturated heterocycles. The number of para-hydroxylation sites is 1. The third-order valence-corrected chi connectivity index (χ3v) is 3.43. The molecule has 0 heterocycles. The van der Waals surface area contributed by atoms with Gasteiger partial charge in [0.1, 0.15) is 5.75 Å². The molecule has 0 amide bonds. The predicted octanol–water partition coefficient (Wildman–Crippen LogP) is 2.38. The molecule has 110 valence electrons. The summed E-state index contributed by atoms with van der Waals surface area (Å²) < 4.78 is 37.0. The van der Waals surface area contributed by atoms with Crippen LogP contribution in [0.4, 0.5) is 5.69 Å². The first kappa shape index (κ1) is 15.2. The van der Waals surface area contributed by atoms with Crippen molar-refractivity contribution in [2.24, 2.45) is 5.73 Å². The second-order valence-corrected chi connectivity index (χ2v) is 5.90. The van der Waals surface area contributed by atoms with Gasteiger partial charge in [-0.05, 0) is 42.5 Å². The summed E-state index contributed by atoms with van der Waals surface area (Å²) in [5, 5.41) is 2.56. The van der Waals surface area contributed by atoms with Crippen molar-refractivity contribution in [3.8, 4) is 11.5 Å². The molecule has 0 aromatic heterocycles. The van der Waals surface area contributed by atoms with Crippen molar-refractivity contribution >= 4 is 33.1 Å². The van der Waals surface area contributed by atoms with Crippen molar-refractivity contribution in [3.05, 3.63) is 48.5 Å². The summed E-state index contributed by atoms with van der Waals surface area (Å²) in [5.74, 6) is 0.879. The molecule has 0 aliphatic heterocycles. The van der Waals surface area contributed by atoms with Crippen LogP contribution in [0.5, 0.6) is 11.5 Å². The first-order valence-electron chi connectivity index (χ1n) is 5.77. The highest BCUT2D eigenvalue weighted by atomic mass is 32.2. The lowest BCUT2D eigenvalue weighted by atomic mass is 10.3. The van der Waals surface area contributed by atoms with E-state index >= 15 is 0 Å². The summed E-state index contributed by atoms with van der Waals surface area (Å²) >= 11 is 4.74. The number of ether oxygens (including phenoxy) is 1. The molecule has 8 heteroatoms. The van der Waals surface area contributed by atoms with Crippen molar-refractivity contribution in [3.63, 3.8) is 0 Å². The van der Waals surface area contributed by atoms with Gasteiger partial charge >= 0.3 is 0 Å². The Hall–Kier alpha value is -2.16. The Bertz CT molecular complexity index is 761. The molecule has 0 aliphatic carbocycles. The molecule has 0 atom stereocenters. The van der Waals surface area contributed by atoms with Crippen LogP contribution in [0.3, 0.4) is 0 Å². The molecular formula is C13H12N2O4S2. The maximum absolute atomic E-state index is 11.2. The minimum Gasteiger partial charge on any atom is -0.455 e. The molecule has 0 saturated carbocycles. The molecule has 21 heavy (non-hydrogen) atoms. The topological polar surface area (TPSA) is 102 Å². The maximum atomic E-state index is 11.2. The normalized spacial score (nSPS) is 10.9. The van der Waals surface area contributed by atoms with E-state index in [1.54, 1.807) is 24.3 Å². The fraction of sp³-hybridized carbons (Fsp3) is 0. The van der Waals surface area contributed by atoms with Crippen LogP contribution in [0.15, 0.2) is 53.4 Å². The van der Waals surface area contributed by atoms with Crippen LogP contribution in [0.2, 0.25) is 0 Å². The van der Waals surface area contributed by atoms with E-state index in [1.165, 1.54) is 18.2 Å². The van der Waals surface area contributed by atoms with Gasteiger partial charge in [0.15, 0.2) is 10.9 Å². The molecule has 0 radical (unpaired) electrons. The van der Waals surface area contributed by atoms with Gasteiger partial charge in [0, 0.05) is 0 Å². The van der Waals surface area contributed by atoms with Crippen molar-refractivity contribution in [1.82, 2.24) is 0 Å². The molecular weight excluding hydrogens is 312 g/mol. The Kier molecular flexibility index (Phi) is 4.41. The average molecular weight is 324 g/mol. The zero-order valence-electron chi connectivity index (χ0n) is 10.7. The third kappa shape index (κ3) is 4.15. The van der Waals surface area contributed by atoms with Crippen LogP contribution in [0, 0.1) is 0 Å². The lowest BCUT2D eigenvalue weighted by Gasteiger charge is -2.13. The van der Waals surface area contributed by atoms with E-state index in [9.17, 15) is 8.42 Å². The SMILES string of the molecule is NC(=S)Nc1cc(S(=O)(=O)O)ccc1Oc1ccccc1. The summed E-state index contributed by atoms with van der Waals surface area (Å²) in [5.41, 5.74) is 5.64. The van der Waals surface area contributed by atoms with Crippen LogP contribution in [0.1, 0.15) is 0 Å². The molecule has 0 unspecified atom stereocenters. The van der Waals surface area contributed by atoms with Gasteiger partial charge in [0.25, 0.3) is 10.1 Å². The smallest absolute Gasteiger partial charge is 0.294 e. The maximum Gasteiger partial charge on any atom is 0.294 e. The van der Waals surface area contributed by atoms with Crippen LogP contribution in [-0.2, 0) is 10.1 Å². The Labute approximate surface area is 127 Å². The molecule has 2 rings (SSSR count).